The minimum Gasteiger partial charge on any atom is -0.490 e. The molecular formula is C29H31NO6. The van der Waals surface area contributed by atoms with E-state index in [1.165, 1.54) is 0 Å². The molecule has 7 nitrogen and oxygen atoms in total. The summed E-state index contributed by atoms with van der Waals surface area (Å²) in [6.45, 7) is 5.92. The van der Waals surface area contributed by atoms with Gasteiger partial charge in [-0.1, -0.05) is 18.1 Å². The number of terminal acetylenes is 1. The van der Waals surface area contributed by atoms with Crippen molar-refractivity contribution in [2.45, 2.75) is 57.8 Å². The van der Waals surface area contributed by atoms with Crippen molar-refractivity contribution in [2.24, 2.45) is 0 Å². The fourth-order valence-electron chi connectivity index (χ4n) is 5.57. The molecule has 0 bridgehead atoms. The summed E-state index contributed by atoms with van der Waals surface area (Å²) in [5.41, 5.74) is 4.06. The molecule has 0 amide bonds. The molecule has 7 heteroatoms. The maximum Gasteiger partial charge on any atom is 0.323 e. The number of carbonyl (C=O) groups excluding carboxylic acids is 2. The van der Waals surface area contributed by atoms with Crippen molar-refractivity contribution in [2.75, 3.05) is 19.8 Å². The fourth-order valence-corrected chi connectivity index (χ4v) is 5.57. The Morgan fingerprint density at radius 2 is 1.78 bits per heavy atom. The minimum atomic E-state index is -0.995. The first-order chi connectivity index (χ1) is 17.4. The van der Waals surface area contributed by atoms with Crippen LogP contribution in [0.1, 0.15) is 62.5 Å². The average Bonchev–Trinajstić information content (AvgIpc) is 2.84. The molecule has 4 rings (SSSR count). The fraction of sp³-hybridized carbons (Fsp3) is 0.414. The molecule has 0 atom stereocenters. The molecule has 0 saturated heterocycles. The van der Waals surface area contributed by atoms with Gasteiger partial charge in [0.05, 0.1) is 6.61 Å². The first-order valence-electron chi connectivity index (χ1n) is 12.4. The number of carbonyl (C=O) groups is 3. The predicted octanol–water partition coefficient (Wildman–Crippen LogP) is 4.32. The Balaban J connectivity index is 1.98. The van der Waals surface area contributed by atoms with Crippen LogP contribution < -0.4 is 9.47 Å². The Bertz CT molecular complexity index is 1170. The molecule has 0 radical (unpaired) electrons. The Morgan fingerprint density at radius 1 is 1.14 bits per heavy atom. The van der Waals surface area contributed by atoms with Gasteiger partial charge in [-0.2, -0.15) is 0 Å². The topological polar surface area (TPSA) is 93.1 Å². The van der Waals surface area contributed by atoms with E-state index in [1.807, 2.05) is 19.1 Å². The van der Waals surface area contributed by atoms with Crippen LogP contribution in [-0.2, 0) is 20.8 Å². The van der Waals surface area contributed by atoms with E-state index < -0.39 is 11.9 Å². The van der Waals surface area contributed by atoms with Crippen molar-refractivity contribution in [3.8, 4) is 23.8 Å². The van der Waals surface area contributed by atoms with Crippen LogP contribution in [0.25, 0.3) is 0 Å². The van der Waals surface area contributed by atoms with Crippen molar-refractivity contribution < 1.29 is 29.0 Å². The molecule has 3 aliphatic rings. The second-order valence-electron chi connectivity index (χ2n) is 9.11. The van der Waals surface area contributed by atoms with E-state index in [1.54, 1.807) is 11.0 Å². The Labute approximate surface area is 211 Å². The lowest BCUT2D eigenvalue weighted by Crippen LogP contribution is -2.41. The van der Waals surface area contributed by atoms with E-state index in [-0.39, 0.29) is 24.7 Å². The molecule has 1 N–H and O–H groups in total. The van der Waals surface area contributed by atoms with Crippen LogP contribution in [0.15, 0.2) is 47.3 Å². The summed E-state index contributed by atoms with van der Waals surface area (Å²) in [4.78, 5) is 40.3. The zero-order valence-electron chi connectivity index (χ0n) is 20.6. The maximum absolute atomic E-state index is 13.4. The number of aliphatic carboxylic acids is 1. The van der Waals surface area contributed by atoms with Gasteiger partial charge in [-0.05, 0) is 50.7 Å². The number of Topliss-reactive ketones (excluding diaryl/α,β-unsaturated/α-hetero) is 2. The molecular weight excluding hydrogens is 458 g/mol. The molecule has 0 unspecified atom stereocenters. The van der Waals surface area contributed by atoms with Gasteiger partial charge in [-0.3, -0.25) is 14.4 Å². The lowest BCUT2D eigenvalue weighted by molar-refractivity contribution is -0.138. The molecule has 36 heavy (non-hydrogen) atoms. The lowest BCUT2D eigenvalue weighted by Gasteiger charge is -2.43. The van der Waals surface area contributed by atoms with Gasteiger partial charge in [0.2, 0.25) is 0 Å². The van der Waals surface area contributed by atoms with E-state index in [9.17, 15) is 19.5 Å². The van der Waals surface area contributed by atoms with Gasteiger partial charge in [0.1, 0.15) is 13.2 Å². The molecule has 0 spiro atoms. The number of ketones is 2. The zero-order chi connectivity index (χ0) is 25.8. The molecule has 1 aromatic rings. The molecule has 188 valence electrons. The summed E-state index contributed by atoms with van der Waals surface area (Å²) >= 11 is 0. The third kappa shape index (κ3) is 4.68. The van der Waals surface area contributed by atoms with Crippen LogP contribution in [0.5, 0.6) is 11.5 Å². The summed E-state index contributed by atoms with van der Waals surface area (Å²) in [5.74, 6) is 1.83. The number of ether oxygens (including phenoxy) is 2. The van der Waals surface area contributed by atoms with Crippen molar-refractivity contribution in [1.82, 2.24) is 4.90 Å². The van der Waals surface area contributed by atoms with Gasteiger partial charge >= 0.3 is 5.97 Å². The van der Waals surface area contributed by atoms with Gasteiger partial charge in [-0.15, -0.1) is 13.0 Å². The second kappa shape index (κ2) is 10.9. The van der Waals surface area contributed by atoms with Gasteiger partial charge in [-0.25, -0.2) is 0 Å². The summed E-state index contributed by atoms with van der Waals surface area (Å²) in [6.07, 6.45) is 10.9. The van der Waals surface area contributed by atoms with E-state index in [0.29, 0.717) is 74.2 Å². The Hall–Kier alpha value is -3.79. The van der Waals surface area contributed by atoms with Crippen molar-refractivity contribution >= 4 is 17.5 Å². The van der Waals surface area contributed by atoms with E-state index in [4.69, 9.17) is 15.9 Å². The molecule has 0 fully saturated rings. The monoisotopic (exact) mass is 489 g/mol. The van der Waals surface area contributed by atoms with E-state index in [0.717, 1.165) is 22.5 Å². The standard InChI is InChI=1S/C29H31NO6/c1-4-9-18-15-19(16-24(35-6-3)29(18)36-14-5-2)26-27-20(10-7-12-22(27)31)30(17-25(33)34)21-11-8-13-23(32)28(21)26/h2,4,15-16,26H,1,6-14,17H2,3H3,(H,33,34). The highest BCUT2D eigenvalue weighted by Gasteiger charge is 2.44. The highest BCUT2D eigenvalue weighted by atomic mass is 16.5. The van der Waals surface area contributed by atoms with Crippen molar-refractivity contribution in [3.05, 3.63) is 58.5 Å². The third-order valence-electron chi connectivity index (χ3n) is 6.83. The Kier molecular flexibility index (Phi) is 7.64. The van der Waals surface area contributed by atoms with Crippen molar-refractivity contribution in [1.29, 1.82) is 0 Å². The minimum absolute atomic E-state index is 0.0440. The van der Waals surface area contributed by atoms with Gasteiger partial charge in [0.15, 0.2) is 23.1 Å². The normalized spacial score (nSPS) is 17.9. The smallest absolute Gasteiger partial charge is 0.323 e. The number of benzene rings is 1. The predicted molar refractivity (Wildman–Crippen MR) is 135 cm³/mol. The number of carboxylic acid groups (broad SMARTS) is 1. The summed E-state index contributed by atoms with van der Waals surface area (Å²) in [7, 11) is 0. The van der Waals surface area contributed by atoms with Gasteiger partial charge < -0.3 is 19.5 Å². The summed E-state index contributed by atoms with van der Waals surface area (Å²) in [5, 5.41) is 9.64. The molecule has 0 aromatic heterocycles. The first-order valence-corrected chi connectivity index (χ1v) is 12.4. The van der Waals surface area contributed by atoms with Crippen LogP contribution >= 0.6 is 0 Å². The Morgan fingerprint density at radius 3 is 2.31 bits per heavy atom. The molecule has 1 aliphatic heterocycles. The summed E-state index contributed by atoms with van der Waals surface area (Å²) in [6, 6.07) is 3.77. The summed E-state index contributed by atoms with van der Waals surface area (Å²) < 4.78 is 11.8. The molecule has 1 aromatic carbocycles. The number of rotatable bonds is 9. The number of hydrogen-bond donors (Lipinski definition) is 1. The zero-order valence-corrected chi connectivity index (χ0v) is 20.6. The second-order valence-corrected chi connectivity index (χ2v) is 9.11. The average molecular weight is 490 g/mol. The molecule has 2 aliphatic carbocycles. The highest BCUT2D eigenvalue weighted by Crippen LogP contribution is 2.50. The van der Waals surface area contributed by atoms with Crippen LogP contribution in [0.2, 0.25) is 0 Å². The number of hydrogen-bond acceptors (Lipinski definition) is 6. The highest BCUT2D eigenvalue weighted by molar-refractivity contribution is 6.06. The van der Waals surface area contributed by atoms with E-state index in [2.05, 4.69) is 12.5 Å². The van der Waals surface area contributed by atoms with Crippen LogP contribution in [-0.4, -0.2) is 47.3 Å². The number of nitrogens with zero attached hydrogens (tertiary/aromatic N) is 1. The number of allylic oxidation sites excluding steroid dienone is 5. The van der Waals surface area contributed by atoms with Crippen molar-refractivity contribution in [3.63, 3.8) is 0 Å². The van der Waals surface area contributed by atoms with Crippen LogP contribution in [0.4, 0.5) is 0 Å². The quantitative estimate of drug-likeness (QED) is 0.408. The maximum atomic E-state index is 13.4. The largest absolute Gasteiger partial charge is 0.490 e. The van der Waals surface area contributed by atoms with Crippen LogP contribution in [0.3, 0.4) is 0 Å². The van der Waals surface area contributed by atoms with Gasteiger partial charge in [0.25, 0.3) is 0 Å². The van der Waals surface area contributed by atoms with Gasteiger partial charge in [0, 0.05) is 46.9 Å². The lowest BCUT2D eigenvalue weighted by atomic mass is 9.70. The molecule has 1 heterocycles. The van der Waals surface area contributed by atoms with E-state index >= 15 is 0 Å². The molecule has 0 saturated carbocycles. The first kappa shape index (κ1) is 25.3. The van der Waals surface area contributed by atoms with Crippen LogP contribution in [0, 0.1) is 12.3 Å². The third-order valence-corrected chi connectivity index (χ3v) is 6.83. The number of carboxylic acids is 1. The SMILES string of the molecule is C#CCOc1c(CC=C)cc(C2C3=C(CCCC3=O)N(CC(=O)O)C3=C2C(=O)CCC3)cc1OCC.